The van der Waals surface area contributed by atoms with Crippen molar-refractivity contribution in [1.82, 2.24) is 10.3 Å². The lowest BCUT2D eigenvalue weighted by Gasteiger charge is -2.13. The molecular weight excluding hydrogens is 416 g/mol. The molecule has 0 radical (unpaired) electrons. The van der Waals surface area contributed by atoms with Crippen LogP contribution in [0.4, 0.5) is 0 Å². The van der Waals surface area contributed by atoms with Crippen LogP contribution in [0.2, 0.25) is 0 Å². The minimum atomic E-state index is -0.184. The number of carbonyl (C=O) groups excluding carboxylic acids is 1. The molecule has 0 aliphatic rings. The number of nitrogens with one attached hydrogen (secondary N) is 1. The maximum absolute atomic E-state index is 12.6. The van der Waals surface area contributed by atoms with Crippen molar-refractivity contribution in [3.8, 4) is 22.6 Å². The van der Waals surface area contributed by atoms with E-state index in [1.807, 2.05) is 56.3 Å². The normalized spacial score (nSPS) is 11.5. The smallest absolute Gasteiger partial charge is 0.244 e. The molecule has 0 saturated heterocycles. The molecule has 1 N–H and O–H groups in total. The summed E-state index contributed by atoms with van der Waals surface area (Å²) in [7, 11) is 3.27. The molecule has 168 valence electrons. The number of allylic oxidation sites excluding steroid dienone is 1. The fourth-order valence-electron chi connectivity index (χ4n) is 3.90. The van der Waals surface area contributed by atoms with Gasteiger partial charge in [0.05, 0.1) is 20.5 Å². The Kier molecular flexibility index (Phi) is 6.45. The van der Waals surface area contributed by atoms with Crippen LogP contribution in [0.25, 0.3) is 27.7 Å². The van der Waals surface area contributed by atoms with Gasteiger partial charge < -0.3 is 19.2 Å². The van der Waals surface area contributed by atoms with E-state index in [4.69, 9.17) is 13.9 Å². The lowest BCUT2D eigenvalue weighted by Crippen LogP contribution is -2.20. The molecule has 4 aromatic rings. The van der Waals surface area contributed by atoms with Gasteiger partial charge in [-0.25, -0.2) is 0 Å². The summed E-state index contributed by atoms with van der Waals surface area (Å²) in [6.45, 7) is 4.27. The number of nitrogens with zero attached hydrogens (tertiary/aromatic N) is 1. The summed E-state index contributed by atoms with van der Waals surface area (Å²) < 4.78 is 17.0. The number of hydrogen-bond acceptors (Lipinski definition) is 5. The number of methoxy groups -OCH3 is 2. The lowest BCUT2D eigenvalue weighted by molar-refractivity contribution is -0.116. The van der Waals surface area contributed by atoms with Gasteiger partial charge in [-0.05, 0) is 54.8 Å². The first-order valence-electron chi connectivity index (χ1n) is 10.6. The zero-order chi connectivity index (χ0) is 23.4. The number of pyridine rings is 1. The van der Waals surface area contributed by atoms with Crippen molar-refractivity contribution in [3.05, 3.63) is 83.9 Å². The predicted molar refractivity (Wildman–Crippen MR) is 129 cm³/mol. The van der Waals surface area contributed by atoms with E-state index in [1.54, 1.807) is 39.0 Å². The maximum atomic E-state index is 12.6. The topological polar surface area (TPSA) is 73.6 Å². The van der Waals surface area contributed by atoms with Gasteiger partial charge in [-0.15, -0.1) is 0 Å². The first-order chi connectivity index (χ1) is 16.0. The van der Waals surface area contributed by atoms with Gasteiger partial charge in [0.1, 0.15) is 17.1 Å². The number of benzene rings is 2. The summed E-state index contributed by atoms with van der Waals surface area (Å²) in [5, 5.41) is 3.85. The van der Waals surface area contributed by atoms with E-state index in [-0.39, 0.29) is 5.91 Å². The zero-order valence-electron chi connectivity index (χ0n) is 19.1. The number of furan rings is 1. The third kappa shape index (κ3) is 4.60. The van der Waals surface area contributed by atoms with Gasteiger partial charge in [-0.2, -0.15) is 0 Å². The average molecular weight is 443 g/mol. The van der Waals surface area contributed by atoms with Crippen LogP contribution in [0.15, 0.2) is 71.6 Å². The third-order valence-electron chi connectivity index (χ3n) is 5.59. The summed E-state index contributed by atoms with van der Waals surface area (Å²) in [4.78, 5) is 16.6. The molecule has 4 rings (SSSR count). The number of ether oxygens (including phenoxy) is 2. The van der Waals surface area contributed by atoms with E-state index in [1.165, 1.54) is 0 Å². The van der Waals surface area contributed by atoms with Gasteiger partial charge >= 0.3 is 0 Å². The standard InChI is InChI=1S/C27H26N2O4/c1-17(11-25(30)29-15-19-7-6-10-28-14-19)22-13-23-24(20-8-5-9-21(12-20)31-3)16-33-27(23)18(2)26(22)32-4/h5-14,16H,15H2,1-4H3,(H,29,30)/b17-11+. The van der Waals surface area contributed by atoms with Gasteiger partial charge in [-0.1, -0.05) is 18.2 Å². The van der Waals surface area contributed by atoms with Crippen LogP contribution in [0.3, 0.4) is 0 Å². The molecule has 2 aromatic carbocycles. The van der Waals surface area contributed by atoms with Gasteiger partial charge in [0, 0.05) is 47.1 Å². The molecule has 2 heterocycles. The first-order valence-corrected chi connectivity index (χ1v) is 10.6. The highest BCUT2D eigenvalue weighted by molar-refractivity contribution is 6.01. The minimum Gasteiger partial charge on any atom is -0.497 e. The van der Waals surface area contributed by atoms with Crippen LogP contribution < -0.4 is 14.8 Å². The number of rotatable bonds is 7. The fourth-order valence-corrected chi connectivity index (χ4v) is 3.90. The van der Waals surface area contributed by atoms with Crippen molar-refractivity contribution in [2.75, 3.05) is 14.2 Å². The second-order valence-electron chi connectivity index (χ2n) is 7.75. The Morgan fingerprint density at radius 1 is 1.15 bits per heavy atom. The van der Waals surface area contributed by atoms with Gasteiger partial charge in [0.2, 0.25) is 5.91 Å². The summed E-state index contributed by atoms with van der Waals surface area (Å²) in [5.74, 6) is 1.27. The Hall–Kier alpha value is -4.06. The number of amides is 1. The Labute approximate surface area is 192 Å². The summed E-state index contributed by atoms with van der Waals surface area (Å²) in [6, 6.07) is 13.6. The van der Waals surface area contributed by atoms with E-state index in [0.717, 1.165) is 50.1 Å². The van der Waals surface area contributed by atoms with E-state index >= 15 is 0 Å². The molecule has 6 nitrogen and oxygen atoms in total. The Morgan fingerprint density at radius 2 is 2.00 bits per heavy atom. The van der Waals surface area contributed by atoms with Crippen molar-refractivity contribution in [2.24, 2.45) is 0 Å². The zero-order valence-corrected chi connectivity index (χ0v) is 19.1. The van der Waals surface area contributed by atoms with Crippen molar-refractivity contribution >= 4 is 22.4 Å². The molecule has 0 aliphatic carbocycles. The van der Waals surface area contributed by atoms with Gasteiger partial charge in [0.25, 0.3) is 0 Å². The molecule has 1 amide bonds. The summed E-state index contributed by atoms with van der Waals surface area (Å²) >= 11 is 0. The summed E-state index contributed by atoms with van der Waals surface area (Å²) in [5.41, 5.74) is 6.13. The number of aryl methyl sites for hydroxylation is 1. The monoisotopic (exact) mass is 442 g/mol. The number of fused-ring (bicyclic) bond motifs is 1. The van der Waals surface area contributed by atoms with Crippen LogP contribution in [0.1, 0.15) is 23.6 Å². The molecule has 0 bridgehead atoms. The van der Waals surface area contributed by atoms with E-state index in [9.17, 15) is 4.79 Å². The quantitative estimate of drug-likeness (QED) is 0.381. The largest absolute Gasteiger partial charge is 0.497 e. The SMILES string of the molecule is COc1cccc(-c2coc3c(C)c(OC)c(/C(C)=C/C(=O)NCc4cccnc4)cc23)c1. The molecule has 0 aliphatic heterocycles. The van der Waals surface area contributed by atoms with Crippen LogP contribution >= 0.6 is 0 Å². The number of hydrogen-bond donors (Lipinski definition) is 1. The maximum Gasteiger partial charge on any atom is 0.244 e. The Balaban J connectivity index is 1.71. The fraction of sp³-hybridized carbons (Fsp3) is 0.185. The van der Waals surface area contributed by atoms with Crippen molar-refractivity contribution < 1.29 is 18.7 Å². The highest BCUT2D eigenvalue weighted by atomic mass is 16.5. The molecular formula is C27H26N2O4. The van der Waals surface area contributed by atoms with Crippen LogP contribution in [0, 0.1) is 6.92 Å². The molecule has 0 spiro atoms. The third-order valence-corrected chi connectivity index (χ3v) is 5.59. The average Bonchev–Trinajstić information content (AvgIpc) is 3.28. The van der Waals surface area contributed by atoms with Crippen molar-refractivity contribution in [2.45, 2.75) is 20.4 Å². The Morgan fingerprint density at radius 3 is 2.73 bits per heavy atom. The van der Waals surface area contributed by atoms with E-state index in [0.29, 0.717) is 12.3 Å². The van der Waals surface area contributed by atoms with Crippen LogP contribution in [-0.2, 0) is 11.3 Å². The molecule has 0 unspecified atom stereocenters. The van der Waals surface area contributed by atoms with Crippen molar-refractivity contribution in [1.29, 1.82) is 0 Å². The number of aromatic nitrogens is 1. The van der Waals surface area contributed by atoms with Gasteiger partial charge in [0.15, 0.2) is 0 Å². The Bertz CT molecular complexity index is 1320. The van der Waals surface area contributed by atoms with Gasteiger partial charge in [-0.3, -0.25) is 9.78 Å². The van der Waals surface area contributed by atoms with Crippen LogP contribution in [-0.4, -0.2) is 25.1 Å². The second-order valence-corrected chi connectivity index (χ2v) is 7.75. The molecule has 0 saturated carbocycles. The molecule has 2 aromatic heterocycles. The van der Waals surface area contributed by atoms with E-state index < -0.39 is 0 Å². The molecule has 6 heteroatoms. The number of carbonyl (C=O) groups is 1. The molecule has 0 atom stereocenters. The first kappa shape index (κ1) is 22.1. The molecule has 33 heavy (non-hydrogen) atoms. The highest BCUT2D eigenvalue weighted by Crippen LogP contribution is 2.41. The second kappa shape index (κ2) is 9.61. The molecule has 0 fully saturated rings. The summed E-state index contributed by atoms with van der Waals surface area (Å²) in [6.07, 6.45) is 6.77. The van der Waals surface area contributed by atoms with E-state index in [2.05, 4.69) is 10.3 Å². The van der Waals surface area contributed by atoms with Crippen molar-refractivity contribution in [3.63, 3.8) is 0 Å². The highest BCUT2D eigenvalue weighted by Gasteiger charge is 2.19. The minimum absolute atomic E-state index is 0.184. The predicted octanol–water partition coefficient (Wildman–Crippen LogP) is 5.54. The lowest BCUT2D eigenvalue weighted by atomic mass is 9.96. The van der Waals surface area contributed by atoms with Crippen LogP contribution in [0.5, 0.6) is 11.5 Å².